The van der Waals surface area contributed by atoms with Crippen molar-refractivity contribution in [1.82, 2.24) is 0 Å². The molecule has 1 aromatic carbocycles. The lowest BCUT2D eigenvalue weighted by atomic mass is 10.0. The van der Waals surface area contributed by atoms with E-state index in [9.17, 15) is 0 Å². The molecule has 1 rings (SSSR count). The fourth-order valence-electron chi connectivity index (χ4n) is 1.10. The van der Waals surface area contributed by atoms with Crippen LogP contribution in [0.3, 0.4) is 0 Å². The van der Waals surface area contributed by atoms with E-state index >= 15 is 0 Å². The highest BCUT2D eigenvalue weighted by Gasteiger charge is 2.07. The number of hydrogen-bond acceptors (Lipinski definition) is 1. The first-order valence-corrected chi connectivity index (χ1v) is 6.32. The average Bonchev–Trinajstić information content (AvgIpc) is 2.21. The van der Waals surface area contributed by atoms with Crippen molar-refractivity contribution in [2.75, 3.05) is 17.8 Å². The predicted octanol–water partition coefficient (Wildman–Crippen LogP) is 3.57. The van der Waals surface area contributed by atoms with Gasteiger partial charge in [-0.25, -0.2) is 0 Å². The van der Waals surface area contributed by atoms with Crippen molar-refractivity contribution >= 4 is 31.9 Å². The molecule has 13 heavy (non-hydrogen) atoms. The maximum absolute atomic E-state index is 5.09. The maximum Gasteiger partial charge on any atom is 0.118 e. The Morgan fingerprint density at radius 3 is 2.08 bits per heavy atom. The van der Waals surface area contributed by atoms with Gasteiger partial charge >= 0.3 is 0 Å². The smallest absolute Gasteiger partial charge is 0.118 e. The lowest BCUT2D eigenvalue weighted by Crippen LogP contribution is -2.00. The summed E-state index contributed by atoms with van der Waals surface area (Å²) in [6, 6.07) is 8.19. The van der Waals surface area contributed by atoms with Crippen LogP contribution in [0.2, 0.25) is 0 Å². The summed E-state index contributed by atoms with van der Waals surface area (Å²) in [5.74, 6) is 1.44. The largest absolute Gasteiger partial charge is 0.497 e. The zero-order chi connectivity index (χ0) is 9.68. The molecule has 0 unspecified atom stereocenters. The Hall–Kier alpha value is -0.0200. The van der Waals surface area contributed by atoms with Crippen LogP contribution in [-0.4, -0.2) is 17.8 Å². The van der Waals surface area contributed by atoms with Crippen LogP contribution >= 0.6 is 31.9 Å². The molecule has 0 saturated carbocycles. The number of alkyl halides is 2. The molecular formula is C10H12Br2O. The van der Waals surface area contributed by atoms with Gasteiger partial charge in [-0.2, -0.15) is 0 Å². The lowest BCUT2D eigenvalue weighted by Gasteiger charge is -2.11. The van der Waals surface area contributed by atoms with Crippen molar-refractivity contribution in [3.63, 3.8) is 0 Å². The van der Waals surface area contributed by atoms with E-state index in [1.165, 1.54) is 5.56 Å². The van der Waals surface area contributed by atoms with E-state index < -0.39 is 0 Å². The van der Waals surface area contributed by atoms with Gasteiger partial charge in [0.1, 0.15) is 5.75 Å². The molecule has 0 radical (unpaired) electrons. The molecule has 0 N–H and O–H groups in total. The van der Waals surface area contributed by atoms with Crippen molar-refractivity contribution in [1.29, 1.82) is 0 Å². The molecule has 0 aliphatic heterocycles. The van der Waals surface area contributed by atoms with E-state index in [0.717, 1.165) is 16.4 Å². The Labute approximate surface area is 95.7 Å². The van der Waals surface area contributed by atoms with E-state index in [0.29, 0.717) is 5.92 Å². The monoisotopic (exact) mass is 306 g/mol. The van der Waals surface area contributed by atoms with Crippen molar-refractivity contribution in [2.45, 2.75) is 5.92 Å². The third-order valence-electron chi connectivity index (χ3n) is 1.96. The molecule has 3 heteroatoms. The van der Waals surface area contributed by atoms with Gasteiger partial charge in [0.25, 0.3) is 0 Å². The SMILES string of the molecule is COc1ccc(C(CBr)CBr)cc1. The summed E-state index contributed by atoms with van der Waals surface area (Å²) in [4.78, 5) is 0. The van der Waals surface area contributed by atoms with E-state index in [1.54, 1.807) is 7.11 Å². The van der Waals surface area contributed by atoms with Gasteiger partial charge in [-0.15, -0.1) is 0 Å². The quantitative estimate of drug-likeness (QED) is 0.773. The predicted molar refractivity (Wildman–Crippen MR) is 63.3 cm³/mol. The number of ether oxygens (including phenoxy) is 1. The van der Waals surface area contributed by atoms with Crippen LogP contribution < -0.4 is 4.74 Å². The summed E-state index contributed by atoms with van der Waals surface area (Å²) in [5, 5.41) is 1.95. The molecule has 72 valence electrons. The van der Waals surface area contributed by atoms with Crippen molar-refractivity contribution in [3.05, 3.63) is 29.8 Å². The normalized spacial score (nSPS) is 10.5. The highest BCUT2D eigenvalue weighted by molar-refractivity contribution is 9.09. The minimum Gasteiger partial charge on any atom is -0.497 e. The van der Waals surface area contributed by atoms with Crippen LogP contribution in [0.25, 0.3) is 0 Å². The topological polar surface area (TPSA) is 9.23 Å². The Morgan fingerprint density at radius 1 is 1.15 bits per heavy atom. The fourth-order valence-corrected chi connectivity index (χ4v) is 2.92. The summed E-state index contributed by atoms with van der Waals surface area (Å²) < 4.78 is 5.09. The number of rotatable bonds is 4. The van der Waals surface area contributed by atoms with Crippen LogP contribution in [0.1, 0.15) is 11.5 Å². The summed E-state index contributed by atoms with van der Waals surface area (Å²) in [7, 11) is 1.68. The molecule has 0 spiro atoms. The van der Waals surface area contributed by atoms with Gasteiger partial charge in [-0.05, 0) is 17.7 Å². The van der Waals surface area contributed by atoms with Crippen molar-refractivity contribution in [2.24, 2.45) is 0 Å². The Morgan fingerprint density at radius 2 is 1.69 bits per heavy atom. The summed E-state index contributed by atoms with van der Waals surface area (Å²) in [6.45, 7) is 0. The number of halogens is 2. The van der Waals surface area contributed by atoms with Gasteiger partial charge < -0.3 is 4.74 Å². The van der Waals surface area contributed by atoms with Gasteiger partial charge in [-0.1, -0.05) is 44.0 Å². The summed E-state index contributed by atoms with van der Waals surface area (Å²) in [6.07, 6.45) is 0. The van der Waals surface area contributed by atoms with E-state index in [2.05, 4.69) is 44.0 Å². The number of methoxy groups -OCH3 is 1. The van der Waals surface area contributed by atoms with Crippen LogP contribution in [0.5, 0.6) is 5.75 Å². The minimum atomic E-state index is 0.533. The third kappa shape index (κ3) is 2.99. The van der Waals surface area contributed by atoms with Gasteiger partial charge in [0.05, 0.1) is 7.11 Å². The molecule has 0 aliphatic rings. The molecule has 1 aromatic rings. The highest BCUT2D eigenvalue weighted by atomic mass is 79.9. The van der Waals surface area contributed by atoms with Gasteiger partial charge in [-0.3, -0.25) is 0 Å². The molecule has 0 aliphatic carbocycles. The molecule has 0 fully saturated rings. The highest BCUT2D eigenvalue weighted by Crippen LogP contribution is 2.22. The van der Waals surface area contributed by atoms with Crippen LogP contribution in [0, 0.1) is 0 Å². The van der Waals surface area contributed by atoms with Crippen LogP contribution in [0.4, 0.5) is 0 Å². The van der Waals surface area contributed by atoms with Gasteiger partial charge in [0, 0.05) is 16.6 Å². The standard InChI is InChI=1S/C10H12Br2O/c1-13-10-4-2-8(3-5-10)9(6-11)7-12/h2-5,9H,6-7H2,1H3. The Balaban J connectivity index is 2.78. The summed E-state index contributed by atoms with van der Waals surface area (Å²) in [5.41, 5.74) is 1.33. The lowest BCUT2D eigenvalue weighted by molar-refractivity contribution is 0.414. The van der Waals surface area contributed by atoms with E-state index in [4.69, 9.17) is 4.74 Å². The zero-order valence-electron chi connectivity index (χ0n) is 7.47. The molecule has 0 heterocycles. The molecule has 0 atom stereocenters. The van der Waals surface area contributed by atoms with Gasteiger partial charge in [0.15, 0.2) is 0 Å². The average molecular weight is 308 g/mol. The maximum atomic E-state index is 5.09. The summed E-state index contributed by atoms with van der Waals surface area (Å²) >= 11 is 6.97. The number of hydrogen-bond donors (Lipinski definition) is 0. The fraction of sp³-hybridized carbons (Fsp3) is 0.400. The first kappa shape index (κ1) is 11.1. The van der Waals surface area contributed by atoms with Gasteiger partial charge in [0.2, 0.25) is 0 Å². The molecular weight excluding hydrogens is 296 g/mol. The second-order valence-electron chi connectivity index (χ2n) is 2.78. The molecule has 0 bridgehead atoms. The van der Waals surface area contributed by atoms with Crippen molar-refractivity contribution in [3.8, 4) is 5.75 Å². The Kier molecular flexibility index (Phi) is 4.81. The van der Waals surface area contributed by atoms with E-state index in [-0.39, 0.29) is 0 Å². The second-order valence-corrected chi connectivity index (χ2v) is 4.07. The first-order valence-electron chi connectivity index (χ1n) is 4.07. The van der Waals surface area contributed by atoms with Crippen molar-refractivity contribution < 1.29 is 4.74 Å². The second kappa shape index (κ2) is 5.66. The van der Waals surface area contributed by atoms with Crippen LogP contribution in [-0.2, 0) is 0 Å². The molecule has 0 amide bonds. The first-order chi connectivity index (χ1) is 6.31. The van der Waals surface area contributed by atoms with Crippen LogP contribution in [0.15, 0.2) is 24.3 Å². The third-order valence-corrected chi connectivity index (χ3v) is 3.52. The minimum absolute atomic E-state index is 0.533. The molecule has 0 aromatic heterocycles. The Bertz CT molecular complexity index is 242. The van der Waals surface area contributed by atoms with E-state index in [1.807, 2.05) is 12.1 Å². The number of benzene rings is 1. The zero-order valence-corrected chi connectivity index (χ0v) is 10.6. The molecule has 0 saturated heterocycles. The molecule has 1 nitrogen and oxygen atoms in total.